The summed E-state index contributed by atoms with van der Waals surface area (Å²) in [5.74, 6) is -0.151. The maximum Gasteiger partial charge on any atom is 0.241 e. The Balaban J connectivity index is 1.94. The molecule has 2 aromatic rings. The first-order valence-electron chi connectivity index (χ1n) is 8.82. The summed E-state index contributed by atoms with van der Waals surface area (Å²) in [7, 11) is 1.78. The first-order valence-corrected chi connectivity index (χ1v) is 8.82. The van der Waals surface area contributed by atoms with E-state index in [1.807, 2.05) is 69.3 Å². The molecule has 5 heteroatoms. The molecule has 0 fully saturated rings. The van der Waals surface area contributed by atoms with Gasteiger partial charge in [0.25, 0.3) is 0 Å². The lowest BCUT2D eigenvalue weighted by atomic mass is 10.1. The fraction of sp³-hybridized carbons (Fsp3) is 0.333. The zero-order valence-electron chi connectivity index (χ0n) is 16.0. The second-order valence-corrected chi connectivity index (χ2v) is 6.46. The maximum absolute atomic E-state index is 12.6. The highest BCUT2D eigenvalue weighted by Gasteiger charge is 2.17. The number of hydrogen-bond donors (Lipinski definition) is 1. The van der Waals surface area contributed by atoms with Gasteiger partial charge in [-0.2, -0.15) is 0 Å². The van der Waals surface area contributed by atoms with E-state index in [1.54, 1.807) is 16.8 Å². The Hall–Kier alpha value is -2.66. The molecule has 0 aromatic heterocycles. The van der Waals surface area contributed by atoms with Gasteiger partial charge in [-0.15, -0.1) is 0 Å². The molecule has 0 atom stereocenters. The van der Waals surface area contributed by atoms with Crippen LogP contribution in [0.25, 0.3) is 0 Å². The molecule has 1 N–H and O–H groups in total. The van der Waals surface area contributed by atoms with E-state index in [9.17, 15) is 9.59 Å². The summed E-state index contributed by atoms with van der Waals surface area (Å²) in [5.41, 5.74) is 3.77. The minimum atomic E-state index is -0.125. The number of amides is 2. The lowest BCUT2D eigenvalue weighted by Gasteiger charge is -2.24. The highest BCUT2D eigenvalue weighted by atomic mass is 16.2. The number of nitrogens with zero attached hydrogens (tertiary/aromatic N) is 2. The van der Waals surface area contributed by atoms with Crippen LogP contribution < -0.4 is 10.2 Å². The lowest BCUT2D eigenvalue weighted by Crippen LogP contribution is -2.41. The number of rotatable bonds is 7. The summed E-state index contributed by atoms with van der Waals surface area (Å²) in [4.78, 5) is 28.4. The molecule has 5 nitrogen and oxygen atoms in total. The molecule has 26 heavy (non-hydrogen) atoms. The number of carbonyl (C=O) groups is 2. The van der Waals surface area contributed by atoms with Crippen molar-refractivity contribution in [1.82, 2.24) is 4.90 Å². The number of carbonyl (C=O) groups excluding carboxylic acids is 2. The van der Waals surface area contributed by atoms with Gasteiger partial charge in [0, 0.05) is 17.9 Å². The van der Waals surface area contributed by atoms with Gasteiger partial charge in [-0.25, -0.2) is 0 Å². The van der Waals surface area contributed by atoms with Crippen molar-refractivity contribution < 1.29 is 9.59 Å². The van der Waals surface area contributed by atoms with Crippen LogP contribution in [0.3, 0.4) is 0 Å². The average molecular weight is 353 g/mol. The Morgan fingerprint density at radius 3 is 2.12 bits per heavy atom. The largest absolute Gasteiger partial charge is 0.324 e. The lowest BCUT2D eigenvalue weighted by molar-refractivity contribution is -0.121. The quantitative estimate of drug-likeness (QED) is 0.831. The monoisotopic (exact) mass is 353 g/mol. The minimum Gasteiger partial charge on any atom is -0.324 e. The number of likely N-dealkylation sites (N-methyl/N-ethyl adjacent to an activating group) is 2. The number of anilines is 2. The topological polar surface area (TPSA) is 52.7 Å². The average Bonchev–Trinajstić information content (AvgIpc) is 2.59. The highest BCUT2D eigenvalue weighted by molar-refractivity contribution is 5.96. The summed E-state index contributed by atoms with van der Waals surface area (Å²) < 4.78 is 0. The van der Waals surface area contributed by atoms with Crippen molar-refractivity contribution in [2.24, 2.45) is 0 Å². The van der Waals surface area contributed by atoms with Gasteiger partial charge in [0.1, 0.15) is 0 Å². The third-order valence-corrected chi connectivity index (χ3v) is 4.25. The second kappa shape index (κ2) is 9.15. The molecule has 0 saturated heterocycles. The number of para-hydroxylation sites is 2. The second-order valence-electron chi connectivity index (χ2n) is 6.46. The van der Waals surface area contributed by atoms with Crippen molar-refractivity contribution in [1.29, 1.82) is 0 Å². The van der Waals surface area contributed by atoms with E-state index in [0.29, 0.717) is 6.54 Å². The summed E-state index contributed by atoms with van der Waals surface area (Å²) in [6.07, 6.45) is 0. The molecule has 0 heterocycles. The van der Waals surface area contributed by atoms with Crippen molar-refractivity contribution in [3.8, 4) is 0 Å². The van der Waals surface area contributed by atoms with Crippen LogP contribution in [0.5, 0.6) is 0 Å². The first kappa shape index (κ1) is 19.7. The molecular weight excluding hydrogens is 326 g/mol. The van der Waals surface area contributed by atoms with Crippen molar-refractivity contribution in [2.75, 3.05) is 36.9 Å². The molecule has 2 rings (SSSR count). The normalized spacial score (nSPS) is 10.7. The third kappa shape index (κ3) is 5.17. The fourth-order valence-electron chi connectivity index (χ4n) is 2.92. The van der Waals surface area contributed by atoms with Crippen LogP contribution in [0.15, 0.2) is 48.5 Å². The highest BCUT2D eigenvalue weighted by Crippen LogP contribution is 2.19. The number of nitrogens with one attached hydrogen (secondary N) is 1. The summed E-state index contributed by atoms with van der Waals surface area (Å²) >= 11 is 0. The summed E-state index contributed by atoms with van der Waals surface area (Å²) in [6.45, 7) is 6.81. The molecule has 0 saturated carbocycles. The first-order chi connectivity index (χ1) is 12.4. The van der Waals surface area contributed by atoms with Crippen molar-refractivity contribution in [3.63, 3.8) is 0 Å². The predicted molar refractivity (Wildman–Crippen MR) is 107 cm³/mol. The molecule has 138 valence electrons. The van der Waals surface area contributed by atoms with E-state index in [0.717, 1.165) is 22.5 Å². The van der Waals surface area contributed by atoms with E-state index >= 15 is 0 Å². The van der Waals surface area contributed by atoms with E-state index in [-0.39, 0.29) is 24.9 Å². The minimum absolute atomic E-state index is 0.0268. The van der Waals surface area contributed by atoms with Crippen molar-refractivity contribution in [2.45, 2.75) is 20.8 Å². The molecule has 0 spiro atoms. The fourth-order valence-corrected chi connectivity index (χ4v) is 2.92. The van der Waals surface area contributed by atoms with Gasteiger partial charge in [-0.1, -0.05) is 36.4 Å². The summed E-state index contributed by atoms with van der Waals surface area (Å²) in [6, 6.07) is 15.5. The Morgan fingerprint density at radius 1 is 0.923 bits per heavy atom. The van der Waals surface area contributed by atoms with Gasteiger partial charge in [-0.3, -0.25) is 14.5 Å². The molecule has 0 bridgehead atoms. The maximum atomic E-state index is 12.6. The van der Waals surface area contributed by atoms with Crippen LogP contribution in [-0.2, 0) is 9.59 Å². The Labute approximate surface area is 155 Å². The Bertz CT molecular complexity index is 739. The van der Waals surface area contributed by atoms with Gasteiger partial charge < -0.3 is 10.2 Å². The van der Waals surface area contributed by atoms with E-state index in [2.05, 4.69) is 5.32 Å². The number of benzene rings is 2. The Morgan fingerprint density at radius 2 is 1.54 bits per heavy atom. The third-order valence-electron chi connectivity index (χ3n) is 4.25. The molecule has 0 radical (unpaired) electrons. The van der Waals surface area contributed by atoms with E-state index < -0.39 is 0 Å². The van der Waals surface area contributed by atoms with E-state index in [1.165, 1.54) is 0 Å². The Kier molecular flexibility index (Phi) is 6.92. The predicted octanol–water partition coefficient (Wildman–Crippen LogP) is 3.23. The molecule has 0 aliphatic carbocycles. The molecular formula is C21H27N3O2. The van der Waals surface area contributed by atoms with Gasteiger partial charge in [0.05, 0.1) is 13.1 Å². The van der Waals surface area contributed by atoms with Crippen LogP contribution in [0.4, 0.5) is 11.4 Å². The van der Waals surface area contributed by atoms with Crippen LogP contribution >= 0.6 is 0 Å². The van der Waals surface area contributed by atoms with Crippen LogP contribution in [0.2, 0.25) is 0 Å². The summed E-state index contributed by atoms with van der Waals surface area (Å²) in [5, 5.41) is 2.95. The molecule has 0 unspecified atom stereocenters. The molecule has 2 aromatic carbocycles. The van der Waals surface area contributed by atoms with Crippen LogP contribution in [0.1, 0.15) is 18.1 Å². The van der Waals surface area contributed by atoms with Crippen LogP contribution in [-0.4, -0.2) is 43.4 Å². The van der Waals surface area contributed by atoms with Gasteiger partial charge in [0.15, 0.2) is 0 Å². The van der Waals surface area contributed by atoms with Crippen molar-refractivity contribution >= 4 is 23.2 Å². The zero-order chi connectivity index (χ0) is 19.1. The number of hydrogen-bond acceptors (Lipinski definition) is 3. The standard InChI is InChI=1S/C21H27N3O2/c1-5-24(18-12-7-6-8-13-18)20(26)15-23(4)14-19(25)22-21-16(2)10-9-11-17(21)3/h6-13H,5,14-15H2,1-4H3,(H,22,25). The molecule has 0 aliphatic rings. The molecule has 2 amide bonds. The zero-order valence-corrected chi connectivity index (χ0v) is 16.0. The van der Waals surface area contributed by atoms with Gasteiger partial charge >= 0.3 is 0 Å². The van der Waals surface area contributed by atoms with Crippen molar-refractivity contribution in [3.05, 3.63) is 59.7 Å². The SMILES string of the molecule is CCN(C(=O)CN(C)CC(=O)Nc1c(C)cccc1C)c1ccccc1. The van der Waals surface area contributed by atoms with Gasteiger partial charge in [0.2, 0.25) is 11.8 Å². The van der Waals surface area contributed by atoms with Gasteiger partial charge in [-0.05, 0) is 51.1 Å². The molecule has 0 aliphatic heterocycles. The van der Waals surface area contributed by atoms with E-state index in [4.69, 9.17) is 0 Å². The number of aryl methyl sites for hydroxylation is 2. The van der Waals surface area contributed by atoms with Crippen LogP contribution in [0, 0.1) is 13.8 Å². The smallest absolute Gasteiger partial charge is 0.241 e.